The van der Waals surface area contributed by atoms with Crippen LogP contribution in [0.3, 0.4) is 0 Å². The van der Waals surface area contributed by atoms with Gasteiger partial charge in [0.05, 0.1) is 0 Å². The Morgan fingerprint density at radius 3 is 2.16 bits per heavy atom. The van der Waals surface area contributed by atoms with E-state index >= 15 is 0 Å². The Balaban J connectivity index is 1.86. The van der Waals surface area contributed by atoms with Gasteiger partial charge in [-0.3, -0.25) is 9.59 Å². The summed E-state index contributed by atoms with van der Waals surface area (Å²) in [6, 6.07) is 0. The highest BCUT2D eigenvalue weighted by atomic mass is 16.2. The van der Waals surface area contributed by atoms with Crippen LogP contribution in [0.4, 0.5) is 0 Å². The summed E-state index contributed by atoms with van der Waals surface area (Å²) in [6.45, 7) is 10.3. The van der Waals surface area contributed by atoms with Crippen molar-refractivity contribution in [1.82, 2.24) is 9.80 Å². The number of nitrogens with zero attached hydrogens (tertiary/aromatic N) is 2. The van der Waals surface area contributed by atoms with Gasteiger partial charge in [0.2, 0.25) is 5.91 Å². The van der Waals surface area contributed by atoms with Crippen LogP contribution >= 0.6 is 0 Å². The number of Topliss-reactive ketones (excluding diaryl/α,β-unsaturated/α-hetero) is 1. The monoisotopic (exact) mass is 350 g/mol. The molecule has 1 heterocycles. The van der Waals surface area contributed by atoms with Crippen LogP contribution in [0.25, 0.3) is 0 Å². The molecule has 2 fully saturated rings. The first kappa shape index (κ1) is 20.4. The Hall–Kier alpha value is -0.900. The molecule has 0 bridgehead atoms. The second-order valence-electron chi connectivity index (χ2n) is 9.13. The molecular weight excluding hydrogens is 312 g/mol. The average molecular weight is 351 g/mol. The van der Waals surface area contributed by atoms with Crippen LogP contribution in [0.2, 0.25) is 0 Å². The first-order chi connectivity index (χ1) is 11.8. The third kappa shape index (κ3) is 5.80. The summed E-state index contributed by atoms with van der Waals surface area (Å²) in [5.41, 5.74) is -0.354. The molecule has 0 aromatic carbocycles. The summed E-state index contributed by atoms with van der Waals surface area (Å²) in [5.74, 6) is 0.291. The van der Waals surface area contributed by atoms with Crippen molar-refractivity contribution >= 4 is 11.7 Å². The van der Waals surface area contributed by atoms with Crippen molar-refractivity contribution in [2.24, 2.45) is 17.3 Å². The van der Waals surface area contributed by atoms with E-state index < -0.39 is 0 Å². The summed E-state index contributed by atoms with van der Waals surface area (Å²) >= 11 is 0. The lowest BCUT2D eigenvalue weighted by Gasteiger charge is -2.36. The molecular formula is C21H38N2O2. The van der Waals surface area contributed by atoms with Gasteiger partial charge in [-0.2, -0.15) is 0 Å². The van der Waals surface area contributed by atoms with Gasteiger partial charge in [0, 0.05) is 30.8 Å². The predicted octanol–water partition coefficient (Wildman–Crippen LogP) is 3.74. The first-order valence-electron chi connectivity index (χ1n) is 10.3. The van der Waals surface area contributed by atoms with Crippen LogP contribution in [0.1, 0.15) is 72.1 Å². The fourth-order valence-electron chi connectivity index (χ4n) is 4.40. The molecule has 4 nitrogen and oxygen atoms in total. The van der Waals surface area contributed by atoms with E-state index in [4.69, 9.17) is 0 Å². The van der Waals surface area contributed by atoms with Crippen molar-refractivity contribution in [2.75, 3.05) is 33.2 Å². The number of ketones is 1. The van der Waals surface area contributed by atoms with Gasteiger partial charge >= 0.3 is 0 Å². The number of carbonyl (C=O) groups is 2. The largest absolute Gasteiger partial charge is 0.345 e. The van der Waals surface area contributed by atoms with Crippen LogP contribution in [0, 0.1) is 17.3 Å². The lowest BCUT2D eigenvalue weighted by atomic mass is 9.70. The number of rotatable bonds is 6. The van der Waals surface area contributed by atoms with Crippen LogP contribution in [-0.2, 0) is 9.59 Å². The van der Waals surface area contributed by atoms with E-state index in [1.807, 2.05) is 32.7 Å². The highest BCUT2D eigenvalue weighted by Gasteiger charge is 2.40. The highest BCUT2D eigenvalue weighted by Crippen LogP contribution is 2.36. The lowest BCUT2D eigenvalue weighted by Crippen LogP contribution is -2.44. The smallest absolute Gasteiger partial charge is 0.226 e. The average Bonchev–Trinajstić information content (AvgIpc) is 2.60. The van der Waals surface area contributed by atoms with E-state index in [0.717, 1.165) is 45.2 Å². The zero-order valence-electron chi connectivity index (χ0n) is 16.9. The number of hydrogen-bond acceptors (Lipinski definition) is 3. The molecule has 0 unspecified atom stereocenters. The van der Waals surface area contributed by atoms with E-state index in [0.29, 0.717) is 0 Å². The topological polar surface area (TPSA) is 40.6 Å². The summed E-state index contributed by atoms with van der Waals surface area (Å²) in [4.78, 5) is 30.2. The molecule has 1 saturated heterocycles. The van der Waals surface area contributed by atoms with Crippen LogP contribution < -0.4 is 0 Å². The van der Waals surface area contributed by atoms with Crippen molar-refractivity contribution in [3.05, 3.63) is 0 Å². The Kier molecular flexibility index (Phi) is 7.48. The Bertz CT molecular complexity index is 449. The van der Waals surface area contributed by atoms with E-state index in [2.05, 4.69) is 4.90 Å². The van der Waals surface area contributed by atoms with Gasteiger partial charge in [-0.1, -0.05) is 40.0 Å². The second kappa shape index (κ2) is 9.16. The van der Waals surface area contributed by atoms with E-state index in [9.17, 15) is 9.59 Å². The highest BCUT2D eigenvalue weighted by molar-refractivity contribution is 5.91. The summed E-state index contributed by atoms with van der Waals surface area (Å²) in [5, 5.41) is 0. The summed E-state index contributed by atoms with van der Waals surface area (Å²) in [7, 11) is 1.92. The van der Waals surface area contributed by atoms with E-state index in [-0.39, 0.29) is 28.9 Å². The zero-order valence-corrected chi connectivity index (χ0v) is 16.9. The van der Waals surface area contributed by atoms with Gasteiger partial charge in [0.25, 0.3) is 0 Å². The lowest BCUT2D eigenvalue weighted by molar-refractivity contribution is -0.144. The van der Waals surface area contributed by atoms with E-state index in [1.165, 1.54) is 32.4 Å². The normalized spacial score (nSPS) is 25.6. The molecule has 144 valence electrons. The molecule has 1 saturated carbocycles. The van der Waals surface area contributed by atoms with E-state index in [1.54, 1.807) is 0 Å². The van der Waals surface area contributed by atoms with Gasteiger partial charge in [0.1, 0.15) is 5.78 Å². The minimum absolute atomic E-state index is 0.0780. The van der Waals surface area contributed by atoms with Gasteiger partial charge < -0.3 is 9.80 Å². The van der Waals surface area contributed by atoms with Crippen molar-refractivity contribution in [3.63, 3.8) is 0 Å². The quantitative estimate of drug-likeness (QED) is 0.733. The van der Waals surface area contributed by atoms with Crippen LogP contribution in [0.5, 0.6) is 0 Å². The Labute approximate surface area is 154 Å². The summed E-state index contributed by atoms with van der Waals surface area (Å²) < 4.78 is 0. The Morgan fingerprint density at radius 1 is 0.960 bits per heavy atom. The molecule has 1 aliphatic carbocycles. The fourth-order valence-corrected chi connectivity index (χ4v) is 4.40. The van der Waals surface area contributed by atoms with Gasteiger partial charge in [0.15, 0.2) is 0 Å². The molecule has 2 aliphatic rings. The van der Waals surface area contributed by atoms with Gasteiger partial charge in [-0.15, -0.1) is 0 Å². The number of likely N-dealkylation sites (tertiary alicyclic amines) is 1. The predicted molar refractivity (Wildman–Crippen MR) is 102 cm³/mol. The minimum atomic E-state index is -0.354. The molecule has 1 amide bonds. The maximum atomic E-state index is 13.0. The van der Waals surface area contributed by atoms with Crippen molar-refractivity contribution < 1.29 is 9.59 Å². The fraction of sp³-hybridized carbons (Fsp3) is 0.905. The number of carbonyl (C=O) groups excluding carboxylic acids is 2. The summed E-state index contributed by atoms with van der Waals surface area (Å²) in [6.07, 6.45) is 8.93. The third-order valence-electron chi connectivity index (χ3n) is 5.95. The number of amides is 1. The number of piperidine rings is 1. The second-order valence-corrected chi connectivity index (χ2v) is 9.13. The molecule has 0 aromatic heterocycles. The molecule has 25 heavy (non-hydrogen) atoms. The minimum Gasteiger partial charge on any atom is -0.345 e. The molecule has 1 aliphatic heterocycles. The van der Waals surface area contributed by atoms with Crippen LogP contribution in [0.15, 0.2) is 0 Å². The maximum Gasteiger partial charge on any atom is 0.226 e. The van der Waals surface area contributed by atoms with Gasteiger partial charge in [-0.25, -0.2) is 0 Å². The molecule has 2 atom stereocenters. The molecule has 0 radical (unpaired) electrons. The molecule has 0 spiro atoms. The maximum absolute atomic E-state index is 13.0. The first-order valence-corrected chi connectivity index (χ1v) is 10.3. The standard InChI is InChI=1S/C21H38N2O2/c1-21(2,3)19(24)17-11-6-7-12-18(17)20(25)22(4)13-10-16-23-14-8-5-9-15-23/h17-18H,5-16H2,1-4H3/t17-,18+/m1/s1. The molecule has 4 heteroatoms. The Morgan fingerprint density at radius 2 is 1.56 bits per heavy atom. The van der Waals surface area contributed by atoms with Crippen LogP contribution in [-0.4, -0.2) is 54.7 Å². The number of hydrogen-bond donors (Lipinski definition) is 0. The van der Waals surface area contributed by atoms with Crippen molar-refractivity contribution in [1.29, 1.82) is 0 Å². The third-order valence-corrected chi connectivity index (χ3v) is 5.95. The van der Waals surface area contributed by atoms with Gasteiger partial charge in [-0.05, 0) is 51.7 Å². The van der Waals surface area contributed by atoms with Crippen molar-refractivity contribution in [3.8, 4) is 0 Å². The molecule has 0 N–H and O–H groups in total. The SMILES string of the molecule is CN(CCCN1CCCCC1)C(=O)[C@H]1CCCC[C@H]1C(=O)C(C)(C)C. The van der Waals surface area contributed by atoms with Crippen molar-refractivity contribution in [2.45, 2.75) is 72.1 Å². The molecule has 2 rings (SSSR count). The molecule has 0 aromatic rings. The zero-order chi connectivity index (χ0) is 18.4.